The number of aryl methyl sites for hydroxylation is 2. The quantitative estimate of drug-likeness (QED) is 0.810. The molecule has 0 aromatic carbocycles. The summed E-state index contributed by atoms with van der Waals surface area (Å²) in [6, 6.07) is 4.46. The summed E-state index contributed by atoms with van der Waals surface area (Å²) >= 11 is 0. The predicted octanol–water partition coefficient (Wildman–Crippen LogP) is 3.28. The van der Waals surface area contributed by atoms with Crippen molar-refractivity contribution in [1.82, 2.24) is 19.9 Å². The largest absolute Gasteiger partial charge is 0.335 e. The number of pyridine rings is 1. The first-order valence-electron chi connectivity index (χ1n) is 7.91. The van der Waals surface area contributed by atoms with Gasteiger partial charge in [-0.05, 0) is 37.9 Å². The highest BCUT2D eigenvalue weighted by atomic mass is 15.1. The van der Waals surface area contributed by atoms with E-state index in [9.17, 15) is 0 Å². The topological polar surface area (TPSA) is 42.7 Å². The van der Waals surface area contributed by atoms with E-state index >= 15 is 0 Å². The van der Waals surface area contributed by atoms with Gasteiger partial charge in [0, 0.05) is 43.3 Å². The van der Waals surface area contributed by atoms with Crippen molar-refractivity contribution in [1.29, 1.82) is 0 Å². The Morgan fingerprint density at radius 2 is 2.05 bits per heavy atom. The fourth-order valence-corrected chi connectivity index (χ4v) is 2.63. The molecule has 1 unspecified atom stereocenters. The van der Waals surface area contributed by atoms with E-state index < -0.39 is 0 Å². The van der Waals surface area contributed by atoms with E-state index in [1.54, 1.807) is 0 Å². The molecule has 0 spiro atoms. The van der Waals surface area contributed by atoms with Crippen molar-refractivity contribution in [2.24, 2.45) is 0 Å². The molecule has 0 aliphatic heterocycles. The zero-order chi connectivity index (χ0) is 15.1. The van der Waals surface area contributed by atoms with Crippen LogP contribution in [-0.2, 0) is 13.0 Å². The summed E-state index contributed by atoms with van der Waals surface area (Å²) in [5, 5.41) is 3.64. The van der Waals surface area contributed by atoms with Gasteiger partial charge in [-0.25, -0.2) is 4.98 Å². The molecule has 0 amide bonds. The van der Waals surface area contributed by atoms with Gasteiger partial charge in [0.25, 0.3) is 0 Å². The first kappa shape index (κ1) is 15.7. The van der Waals surface area contributed by atoms with Gasteiger partial charge < -0.3 is 9.88 Å². The Labute approximate surface area is 127 Å². The molecule has 2 aromatic rings. The van der Waals surface area contributed by atoms with E-state index in [-0.39, 0.29) is 6.04 Å². The molecule has 0 aliphatic rings. The third-order valence-electron chi connectivity index (χ3n) is 3.72. The van der Waals surface area contributed by atoms with Gasteiger partial charge in [0.1, 0.15) is 5.82 Å². The molecule has 2 aromatic heterocycles. The van der Waals surface area contributed by atoms with Crippen LogP contribution in [0.15, 0.2) is 30.7 Å². The van der Waals surface area contributed by atoms with Crippen LogP contribution in [0.2, 0.25) is 0 Å². The first-order chi connectivity index (χ1) is 10.3. The normalized spacial score (nSPS) is 12.5. The summed E-state index contributed by atoms with van der Waals surface area (Å²) in [5.41, 5.74) is 2.37. The molecule has 21 heavy (non-hydrogen) atoms. The summed E-state index contributed by atoms with van der Waals surface area (Å²) in [6.07, 6.45) is 8.98. The van der Waals surface area contributed by atoms with Gasteiger partial charge in [0.15, 0.2) is 0 Å². The maximum absolute atomic E-state index is 4.54. The first-order valence-corrected chi connectivity index (χ1v) is 7.91. The van der Waals surface area contributed by atoms with Crippen molar-refractivity contribution >= 4 is 0 Å². The van der Waals surface area contributed by atoms with Crippen LogP contribution in [0.5, 0.6) is 0 Å². The lowest BCUT2D eigenvalue weighted by atomic mass is 10.0. The van der Waals surface area contributed by atoms with Gasteiger partial charge in [-0.2, -0.15) is 0 Å². The number of nitrogens with zero attached hydrogens (tertiary/aromatic N) is 3. The Balaban J connectivity index is 2.20. The van der Waals surface area contributed by atoms with Gasteiger partial charge in [-0.15, -0.1) is 0 Å². The van der Waals surface area contributed by atoms with Crippen LogP contribution in [0, 0.1) is 6.92 Å². The molecule has 2 heterocycles. The second-order valence-corrected chi connectivity index (χ2v) is 5.43. The highest BCUT2D eigenvalue weighted by Crippen LogP contribution is 2.20. The Morgan fingerprint density at radius 1 is 1.19 bits per heavy atom. The summed E-state index contributed by atoms with van der Waals surface area (Å²) in [7, 11) is 0. The molecule has 1 N–H and O–H groups in total. The van der Waals surface area contributed by atoms with Crippen LogP contribution < -0.4 is 5.32 Å². The van der Waals surface area contributed by atoms with E-state index in [1.807, 2.05) is 18.5 Å². The van der Waals surface area contributed by atoms with Crippen LogP contribution in [0.25, 0.3) is 0 Å². The fraction of sp³-hybridized carbons (Fsp3) is 0.529. The molecule has 0 radical (unpaired) electrons. The molecule has 4 heteroatoms. The molecule has 0 fully saturated rings. The van der Waals surface area contributed by atoms with E-state index in [0.717, 1.165) is 43.9 Å². The van der Waals surface area contributed by atoms with Crippen LogP contribution in [0.1, 0.15) is 49.8 Å². The minimum absolute atomic E-state index is 0.275. The lowest BCUT2D eigenvalue weighted by molar-refractivity contribution is 0.499. The van der Waals surface area contributed by atoms with E-state index in [4.69, 9.17) is 0 Å². The Kier molecular flexibility index (Phi) is 5.93. The molecule has 4 nitrogen and oxygen atoms in total. The molecule has 2 rings (SSSR count). The lowest BCUT2D eigenvalue weighted by Gasteiger charge is -2.20. The van der Waals surface area contributed by atoms with Crippen LogP contribution in [0.4, 0.5) is 0 Å². The third-order valence-corrected chi connectivity index (χ3v) is 3.72. The molecule has 0 saturated heterocycles. The monoisotopic (exact) mass is 286 g/mol. The molecule has 1 atom stereocenters. The SMILES string of the molecule is CCCNC(Cc1nccn1CCC)c1cccnc1C. The van der Waals surface area contributed by atoms with E-state index in [2.05, 4.69) is 52.9 Å². The van der Waals surface area contributed by atoms with Crippen molar-refractivity contribution in [3.63, 3.8) is 0 Å². The molecular formula is C17H26N4. The van der Waals surface area contributed by atoms with Gasteiger partial charge in [-0.3, -0.25) is 4.98 Å². The molecule has 0 saturated carbocycles. The van der Waals surface area contributed by atoms with Gasteiger partial charge in [-0.1, -0.05) is 19.9 Å². The average molecular weight is 286 g/mol. The Morgan fingerprint density at radius 3 is 2.76 bits per heavy atom. The molecule has 114 valence electrons. The van der Waals surface area contributed by atoms with Crippen molar-refractivity contribution < 1.29 is 0 Å². The smallest absolute Gasteiger partial charge is 0.110 e. The van der Waals surface area contributed by atoms with E-state index in [1.165, 1.54) is 5.56 Å². The fourth-order valence-electron chi connectivity index (χ4n) is 2.63. The molecule has 0 bridgehead atoms. The van der Waals surface area contributed by atoms with E-state index in [0.29, 0.717) is 0 Å². The predicted molar refractivity (Wildman–Crippen MR) is 86.2 cm³/mol. The zero-order valence-electron chi connectivity index (χ0n) is 13.3. The summed E-state index contributed by atoms with van der Waals surface area (Å²) in [4.78, 5) is 8.97. The van der Waals surface area contributed by atoms with Crippen molar-refractivity contribution in [2.45, 2.75) is 52.6 Å². The second-order valence-electron chi connectivity index (χ2n) is 5.43. The van der Waals surface area contributed by atoms with Crippen molar-refractivity contribution in [3.8, 4) is 0 Å². The summed E-state index contributed by atoms with van der Waals surface area (Å²) < 4.78 is 2.26. The molecular weight excluding hydrogens is 260 g/mol. The average Bonchev–Trinajstić information content (AvgIpc) is 2.92. The maximum Gasteiger partial charge on any atom is 0.110 e. The number of aromatic nitrogens is 3. The van der Waals surface area contributed by atoms with Crippen LogP contribution in [-0.4, -0.2) is 21.1 Å². The van der Waals surface area contributed by atoms with Gasteiger partial charge in [0.05, 0.1) is 0 Å². The molecule has 0 aliphatic carbocycles. The van der Waals surface area contributed by atoms with Crippen molar-refractivity contribution in [3.05, 3.63) is 47.8 Å². The summed E-state index contributed by atoms with van der Waals surface area (Å²) in [6.45, 7) is 8.50. The zero-order valence-corrected chi connectivity index (χ0v) is 13.3. The number of imidazole rings is 1. The minimum Gasteiger partial charge on any atom is -0.335 e. The van der Waals surface area contributed by atoms with Crippen LogP contribution >= 0.6 is 0 Å². The Hall–Kier alpha value is -1.68. The number of nitrogens with one attached hydrogen (secondary N) is 1. The minimum atomic E-state index is 0.275. The maximum atomic E-state index is 4.54. The van der Waals surface area contributed by atoms with Gasteiger partial charge >= 0.3 is 0 Å². The highest BCUT2D eigenvalue weighted by Gasteiger charge is 2.16. The highest BCUT2D eigenvalue weighted by molar-refractivity contribution is 5.23. The lowest BCUT2D eigenvalue weighted by Crippen LogP contribution is -2.26. The summed E-state index contributed by atoms with van der Waals surface area (Å²) in [5.74, 6) is 1.15. The van der Waals surface area contributed by atoms with Gasteiger partial charge in [0.2, 0.25) is 0 Å². The number of rotatable bonds is 8. The second kappa shape index (κ2) is 7.93. The van der Waals surface area contributed by atoms with Crippen molar-refractivity contribution in [2.75, 3.05) is 6.54 Å². The van der Waals surface area contributed by atoms with Crippen LogP contribution in [0.3, 0.4) is 0 Å². The third kappa shape index (κ3) is 4.14. The Bertz CT molecular complexity index is 547. The number of hydrogen-bond acceptors (Lipinski definition) is 3. The standard InChI is InChI=1S/C17H26N4/c1-4-8-19-16(15-7-6-9-18-14(15)3)13-17-20-10-12-21(17)11-5-2/h6-7,9-10,12,16,19H,4-5,8,11,13H2,1-3H3. The number of hydrogen-bond donors (Lipinski definition) is 1.